The van der Waals surface area contributed by atoms with Crippen LogP contribution in [0.2, 0.25) is 0 Å². The number of carbonyl (C=O) groups excluding carboxylic acids is 1. The van der Waals surface area contributed by atoms with E-state index in [0.29, 0.717) is 12.3 Å². The first-order chi connectivity index (χ1) is 12.1. The maximum Gasteiger partial charge on any atom is 0.289 e. The van der Waals surface area contributed by atoms with Crippen molar-refractivity contribution in [3.05, 3.63) is 41.9 Å². The fourth-order valence-corrected chi connectivity index (χ4v) is 3.11. The lowest BCUT2D eigenvalue weighted by Crippen LogP contribution is -2.45. The molecule has 1 aliphatic rings. The average Bonchev–Trinajstić information content (AvgIpc) is 3.07. The van der Waals surface area contributed by atoms with Crippen LogP contribution in [0.15, 0.2) is 34.7 Å². The van der Waals surface area contributed by atoms with E-state index in [9.17, 15) is 4.79 Å². The van der Waals surface area contributed by atoms with Crippen LogP contribution in [0, 0.1) is 6.92 Å². The number of benzene rings is 1. The number of carbonyl (C=O) groups is 1. The number of hydrogen-bond acceptors (Lipinski definition) is 5. The minimum Gasteiger partial charge on any atom is -0.497 e. The zero-order valence-corrected chi connectivity index (χ0v) is 14.9. The molecule has 1 fully saturated rings. The number of aryl methyl sites for hydroxylation is 1. The summed E-state index contributed by atoms with van der Waals surface area (Å²) in [5, 5.41) is 3.49. The Morgan fingerprint density at radius 3 is 2.52 bits per heavy atom. The van der Waals surface area contributed by atoms with Crippen LogP contribution in [0.1, 0.15) is 29.2 Å². The van der Waals surface area contributed by atoms with Crippen LogP contribution in [0.5, 0.6) is 11.5 Å². The molecule has 0 aliphatic carbocycles. The molecule has 3 rings (SSSR count). The highest BCUT2D eigenvalue weighted by molar-refractivity contribution is 5.91. The molecule has 1 aromatic carbocycles. The number of amides is 1. The Hall–Kier alpha value is -2.63. The molecule has 25 heavy (non-hydrogen) atoms. The molecule has 0 radical (unpaired) electrons. The second-order valence-corrected chi connectivity index (χ2v) is 6.25. The van der Waals surface area contributed by atoms with Crippen molar-refractivity contribution in [2.24, 2.45) is 0 Å². The van der Waals surface area contributed by atoms with Gasteiger partial charge in [0, 0.05) is 43.0 Å². The van der Waals surface area contributed by atoms with Crippen LogP contribution in [-0.2, 0) is 0 Å². The average molecular weight is 344 g/mol. The lowest BCUT2D eigenvalue weighted by Gasteiger charge is -2.33. The highest BCUT2D eigenvalue weighted by Gasteiger charge is 2.26. The zero-order chi connectivity index (χ0) is 17.8. The second-order valence-electron chi connectivity index (χ2n) is 6.25. The van der Waals surface area contributed by atoms with Crippen LogP contribution < -0.4 is 14.8 Å². The predicted molar refractivity (Wildman–Crippen MR) is 95.5 cm³/mol. The summed E-state index contributed by atoms with van der Waals surface area (Å²) in [7, 11) is 3.26. The molecule has 6 nitrogen and oxygen atoms in total. The van der Waals surface area contributed by atoms with Crippen LogP contribution in [-0.4, -0.2) is 44.2 Å². The first-order valence-corrected chi connectivity index (χ1v) is 8.44. The van der Waals surface area contributed by atoms with E-state index in [4.69, 9.17) is 13.9 Å². The van der Waals surface area contributed by atoms with Gasteiger partial charge in [-0.2, -0.15) is 0 Å². The van der Waals surface area contributed by atoms with Crippen LogP contribution in [0.25, 0.3) is 0 Å². The molecule has 0 spiro atoms. The fourth-order valence-electron chi connectivity index (χ4n) is 3.11. The number of methoxy groups -OCH3 is 2. The van der Waals surface area contributed by atoms with Gasteiger partial charge in [-0.05, 0) is 31.9 Å². The Morgan fingerprint density at radius 1 is 1.20 bits per heavy atom. The van der Waals surface area contributed by atoms with Gasteiger partial charge in [0.2, 0.25) is 0 Å². The van der Waals surface area contributed by atoms with E-state index in [1.54, 1.807) is 20.3 Å². The minimum atomic E-state index is -0.0529. The van der Waals surface area contributed by atoms with Crippen molar-refractivity contribution < 1.29 is 18.7 Å². The summed E-state index contributed by atoms with van der Waals surface area (Å²) >= 11 is 0. The summed E-state index contributed by atoms with van der Waals surface area (Å²) in [6, 6.07) is 9.42. The molecule has 1 aromatic heterocycles. The summed E-state index contributed by atoms with van der Waals surface area (Å²) in [4.78, 5) is 14.4. The van der Waals surface area contributed by atoms with Crippen molar-refractivity contribution >= 4 is 11.6 Å². The molecule has 1 amide bonds. The molecule has 0 unspecified atom stereocenters. The summed E-state index contributed by atoms with van der Waals surface area (Å²) in [5.41, 5.74) is 0.921. The molecule has 134 valence electrons. The zero-order valence-electron chi connectivity index (χ0n) is 14.9. The van der Waals surface area contributed by atoms with Gasteiger partial charge < -0.3 is 24.1 Å². The predicted octanol–water partition coefficient (Wildman–Crippen LogP) is 3.32. The van der Waals surface area contributed by atoms with Crippen molar-refractivity contribution in [3.8, 4) is 11.5 Å². The van der Waals surface area contributed by atoms with Gasteiger partial charge in [0.15, 0.2) is 5.76 Å². The van der Waals surface area contributed by atoms with Crippen molar-refractivity contribution in [3.63, 3.8) is 0 Å². The standard InChI is InChI=1S/C19H24N2O4/c1-13-6-7-18(25-13)19(22)21-8-4-5-14(12-21)20-15-9-16(23-2)11-17(10-15)24-3/h6-7,9-11,14,20H,4-5,8,12H2,1-3H3/t14-/m0/s1. The summed E-state index contributed by atoms with van der Waals surface area (Å²) in [6.07, 6.45) is 1.95. The Bertz CT molecular complexity index is 719. The van der Waals surface area contributed by atoms with Gasteiger partial charge in [0.25, 0.3) is 5.91 Å². The fraction of sp³-hybridized carbons (Fsp3) is 0.421. The SMILES string of the molecule is COc1cc(N[C@H]2CCCN(C(=O)c3ccc(C)o3)C2)cc(OC)c1. The lowest BCUT2D eigenvalue weighted by atomic mass is 10.0. The topological polar surface area (TPSA) is 63.9 Å². The van der Waals surface area contributed by atoms with E-state index in [2.05, 4.69) is 5.32 Å². The number of rotatable bonds is 5. The van der Waals surface area contributed by atoms with E-state index < -0.39 is 0 Å². The molecule has 1 aliphatic heterocycles. The molecule has 1 N–H and O–H groups in total. The third-order valence-corrected chi connectivity index (χ3v) is 4.38. The van der Waals surface area contributed by atoms with Gasteiger partial charge in [-0.25, -0.2) is 0 Å². The molecule has 1 atom stereocenters. The van der Waals surface area contributed by atoms with Gasteiger partial charge in [-0.15, -0.1) is 0 Å². The number of likely N-dealkylation sites (tertiary alicyclic amines) is 1. The van der Waals surface area contributed by atoms with Crippen molar-refractivity contribution in [2.45, 2.75) is 25.8 Å². The van der Waals surface area contributed by atoms with Crippen LogP contribution in [0.4, 0.5) is 5.69 Å². The highest BCUT2D eigenvalue weighted by Crippen LogP contribution is 2.27. The number of furan rings is 1. The maximum atomic E-state index is 12.6. The molecular formula is C19H24N2O4. The van der Waals surface area contributed by atoms with E-state index >= 15 is 0 Å². The normalized spacial score (nSPS) is 17.2. The molecule has 0 bridgehead atoms. The smallest absolute Gasteiger partial charge is 0.289 e. The Kier molecular flexibility index (Phi) is 5.16. The van der Waals surface area contributed by atoms with Crippen molar-refractivity contribution in [1.29, 1.82) is 0 Å². The molecule has 2 aromatic rings. The molecular weight excluding hydrogens is 320 g/mol. The van der Waals surface area contributed by atoms with E-state index in [1.165, 1.54) is 0 Å². The number of nitrogens with zero attached hydrogens (tertiary/aromatic N) is 1. The summed E-state index contributed by atoms with van der Waals surface area (Å²) in [6.45, 7) is 3.23. The Labute approximate surface area is 147 Å². The number of piperidine rings is 1. The van der Waals surface area contributed by atoms with Crippen LogP contribution in [0.3, 0.4) is 0 Å². The third-order valence-electron chi connectivity index (χ3n) is 4.38. The van der Waals surface area contributed by atoms with Gasteiger partial charge in [-0.3, -0.25) is 4.79 Å². The Balaban J connectivity index is 1.68. The van der Waals surface area contributed by atoms with E-state index in [1.807, 2.05) is 36.1 Å². The quantitative estimate of drug-likeness (QED) is 0.901. The van der Waals surface area contributed by atoms with Gasteiger partial charge >= 0.3 is 0 Å². The molecule has 0 saturated carbocycles. The number of anilines is 1. The number of nitrogens with one attached hydrogen (secondary N) is 1. The highest BCUT2D eigenvalue weighted by atomic mass is 16.5. The summed E-state index contributed by atoms with van der Waals surface area (Å²) in [5.74, 6) is 2.57. The monoisotopic (exact) mass is 344 g/mol. The van der Waals surface area contributed by atoms with Gasteiger partial charge in [-0.1, -0.05) is 0 Å². The molecule has 2 heterocycles. The van der Waals surface area contributed by atoms with Gasteiger partial charge in [0.1, 0.15) is 17.3 Å². The first kappa shape index (κ1) is 17.2. The van der Waals surface area contributed by atoms with Gasteiger partial charge in [0.05, 0.1) is 14.2 Å². The van der Waals surface area contributed by atoms with Crippen molar-refractivity contribution in [1.82, 2.24) is 4.90 Å². The molecule has 1 saturated heterocycles. The Morgan fingerprint density at radius 2 is 1.92 bits per heavy atom. The number of hydrogen-bond donors (Lipinski definition) is 1. The van der Waals surface area contributed by atoms with E-state index in [0.717, 1.165) is 42.3 Å². The third kappa shape index (κ3) is 4.07. The number of ether oxygens (including phenoxy) is 2. The largest absolute Gasteiger partial charge is 0.497 e. The van der Waals surface area contributed by atoms with Crippen molar-refractivity contribution in [2.75, 3.05) is 32.6 Å². The van der Waals surface area contributed by atoms with Crippen LogP contribution >= 0.6 is 0 Å². The maximum absolute atomic E-state index is 12.6. The summed E-state index contributed by atoms with van der Waals surface area (Å²) < 4.78 is 16.1. The molecule has 6 heteroatoms. The van der Waals surface area contributed by atoms with E-state index in [-0.39, 0.29) is 11.9 Å². The second kappa shape index (κ2) is 7.51. The lowest BCUT2D eigenvalue weighted by molar-refractivity contribution is 0.0681. The first-order valence-electron chi connectivity index (χ1n) is 8.44. The minimum absolute atomic E-state index is 0.0529.